The maximum Gasteiger partial charge on any atom is 0.337 e. The van der Waals surface area contributed by atoms with Gasteiger partial charge in [-0.3, -0.25) is 9.59 Å². The molecule has 6 nitrogen and oxygen atoms in total. The quantitative estimate of drug-likeness (QED) is 0.743. The number of carbonyl (C=O) groups excluding carboxylic acids is 3. The number of benzene rings is 2. The Morgan fingerprint density at radius 2 is 1.86 bits per heavy atom. The first-order chi connectivity index (χ1) is 13.9. The van der Waals surface area contributed by atoms with Crippen LogP contribution in [0.4, 0.5) is 20.2 Å². The third-order valence-corrected chi connectivity index (χ3v) is 5.34. The lowest BCUT2D eigenvalue weighted by molar-refractivity contribution is -0.124. The Hall–Kier alpha value is -3.29. The van der Waals surface area contributed by atoms with Gasteiger partial charge in [-0.2, -0.15) is 0 Å². The van der Waals surface area contributed by atoms with Gasteiger partial charge in [-0.1, -0.05) is 0 Å². The molecule has 2 aromatic carbocycles. The highest BCUT2D eigenvalue weighted by Gasteiger charge is 2.40. The SMILES string of the molecule is COC(=O)c1ccc2c(c1)CCN2C(=O)C1CC(=O)N(c2ccc(F)cc2F)C1. The van der Waals surface area contributed by atoms with Crippen LogP contribution < -0.4 is 9.80 Å². The van der Waals surface area contributed by atoms with E-state index in [1.54, 1.807) is 23.1 Å². The number of amides is 2. The van der Waals surface area contributed by atoms with E-state index in [1.807, 2.05) is 0 Å². The molecule has 0 radical (unpaired) electrons. The standard InChI is InChI=1S/C21H18F2N2O4/c1-29-21(28)13-2-4-17-12(8-13)6-7-24(17)20(27)14-9-19(26)25(11-14)18-5-3-15(22)10-16(18)23/h2-5,8,10,14H,6-7,9,11H2,1H3. The molecule has 2 aliphatic heterocycles. The highest BCUT2D eigenvalue weighted by atomic mass is 19.1. The fourth-order valence-corrected chi connectivity index (χ4v) is 3.90. The Balaban J connectivity index is 1.53. The van der Waals surface area contributed by atoms with Crippen molar-refractivity contribution in [2.75, 3.05) is 30.0 Å². The third-order valence-electron chi connectivity index (χ3n) is 5.34. The van der Waals surface area contributed by atoms with E-state index >= 15 is 0 Å². The van der Waals surface area contributed by atoms with Crippen molar-refractivity contribution in [1.29, 1.82) is 0 Å². The van der Waals surface area contributed by atoms with E-state index in [4.69, 9.17) is 4.74 Å². The molecule has 0 bridgehead atoms. The number of rotatable bonds is 3. The fraction of sp³-hybridized carbons (Fsp3) is 0.286. The van der Waals surface area contributed by atoms with Crippen molar-refractivity contribution >= 4 is 29.2 Å². The Kier molecular flexibility index (Phi) is 4.77. The number of anilines is 2. The van der Waals surface area contributed by atoms with Gasteiger partial charge in [-0.25, -0.2) is 13.6 Å². The molecule has 1 unspecified atom stereocenters. The maximum absolute atomic E-state index is 14.1. The second kappa shape index (κ2) is 7.27. The number of methoxy groups -OCH3 is 1. The molecule has 8 heteroatoms. The molecule has 0 aromatic heterocycles. The number of ether oxygens (including phenoxy) is 1. The van der Waals surface area contributed by atoms with Gasteiger partial charge in [-0.15, -0.1) is 0 Å². The van der Waals surface area contributed by atoms with Gasteiger partial charge >= 0.3 is 5.97 Å². The van der Waals surface area contributed by atoms with E-state index in [0.29, 0.717) is 30.3 Å². The molecule has 0 aliphatic carbocycles. The van der Waals surface area contributed by atoms with Crippen LogP contribution in [0.5, 0.6) is 0 Å². The van der Waals surface area contributed by atoms with Crippen LogP contribution in [-0.4, -0.2) is 38.0 Å². The van der Waals surface area contributed by atoms with E-state index in [-0.39, 0.29) is 30.5 Å². The Bertz CT molecular complexity index is 1020. The lowest BCUT2D eigenvalue weighted by Crippen LogP contribution is -2.36. The highest BCUT2D eigenvalue weighted by Crippen LogP contribution is 2.34. The number of hydrogen-bond acceptors (Lipinski definition) is 4. The summed E-state index contributed by atoms with van der Waals surface area (Å²) in [6, 6.07) is 7.99. The van der Waals surface area contributed by atoms with Crippen molar-refractivity contribution in [1.82, 2.24) is 0 Å². The number of halogens is 2. The minimum absolute atomic E-state index is 0.0313. The first-order valence-corrected chi connectivity index (χ1v) is 9.17. The van der Waals surface area contributed by atoms with Crippen molar-refractivity contribution in [2.24, 2.45) is 5.92 Å². The largest absolute Gasteiger partial charge is 0.465 e. The lowest BCUT2D eigenvalue weighted by atomic mass is 10.1. The van der Waals surface area contributed by atoms with Gasteiger partial charge in [0.25, 0.3) is 0 Å². The summed E-state index contributed by atoms with van der Waals surface area (Å²) in [7, 11) is 1.30. The first kappa shape index (κ1) is 19.0. The molecule has 29 heavy (non-hydrogen) atoms. The van der Waals surface area contributed by atoms with Crippen molar-refractivity contribution in [2.45, 2.75) is 12.8 Å². The summed E-state index contributed by atoms with van der Waals surface area (Å²) >= 11 is 0. The van der Waals surface area contributed by atoms with Crippen LogP contribution >= 0.6 is 0 Å². The molecule has 2 aromatic rings. The topological polar surface area (TPSA) is 66.9 Å². The van der Waals surface area contributed by atoms with Crippen LogP contribution in [0.2, 0.25) is 0 Å². The summed E-state index contributed by atoms with van der Waals surface area (Å²) in [5, 5.41) is 0. The van der Waals surface area contributed by atoms with Crippen molar-refractivity contribution in [3.05, 3.63) is 59.2 Å². The summed E-state index contributed by atoms with van der Waals surface area (Å²) in [6.45, 7) is 0.473. The van der Waals surface area contributed by atoms with E-state index < -0.39 is 23.5 Å². The zero-order chi connectivity index (χ0) is 20.7. The molecular weight excluding hydrogens is 382 g/mol. The van der Waals surface area contributed by atoms with Crippen LogP contribution in [0.1, 0.15) is 22.3 Å². The molecule has 2 heterocycles. The van der Waals surface area contributed by atoms with Crippen molar-refractivity contribution in [3.63, 3.8) is 0 Å². The van der Waals surface area contributed by atoms with E-state index in [1.165, 1.54) is 18.1 Å². The summed E-state index contributed by atoms with van der Waals surface area (Å²) in [5.74, 6) is -3.25. The average Bonchev–Trinajstić information content (AvgIpc) is 3.30. The lowest BCUT2D eigenvalue weighted by Gasteiger charge is -2.22. The minimum Gasteiger partial charge on any atom is -0.465 e. The zero-order valence-electron chi connectivity index (χ0n) is 15.7. The predicted octanol–water partition coefficient (Wildman–Crippen LogP) is 2.69. The number of esters is 1. The summed E-state index contributed by atoms with van der Waals surface area (Å²) in [5.41, 5.74) is 1.93. The molecule has 1 atom stereocenters. The Labute approximate surface area is 165 Å². The molecule has 0 N–H and O–H groups in total. The molecule has 0 saturated carbocycles. The Morgan fingerprint density at radius 1 is 1.10 bits per heavy atom. The molecule has 0 spiro atoms. The minimum atomic E-state index is -0.840. The number of fused-ring (bicyclic) bond motifs is 1. The normalized spacial score (nSPS) is 18.2. The Morgan fingerprint density at radius 3 is 2.59 bits per heavy atom. The fourth-order valence-electron chi connectivity index (χ4n) is 3.90. The number of carbonyl (C=O) groups is 3. The molecule has 1 saturated heterocycles. The van der Waals surface area contributed by atoms with Gasteiger partial charge < -0.3 is 14.5 Å². The number of nitrogens with zero attached hydrogens (tertiary/aromatic N) is 2. The summed E-state index contributed by atoms with van der Waals surface area (Å²) < 4.78 is 31.9. The van der Waals surface area contributed by atoms with Crippen LogP contribution in [-0.2, 0) is 20.7 Å². The van der Waals surface area contributed by atoms with Crippen molar-refractivity contribution in [3.8, 4) is 0 Å². The predicted molar refractivity (Wildman–Crippen MR) is 101 cm³/mol. The first-order valence-electron chi connectivity index (χ1n) is 9.17. The van der Waals surface area contributed by atoms with Gasteiger partial charge in [-0.05, 0) is 42.3 Å². The molecule has 4 rings (SSSR count). The molecular formula is C21H18F2N2O4. The smallest absolute Gasteiger partial charge is 0.337 e. The van der Waals surface area contributed by atoms with Gasteiger partial charge in [0.15, 0.2) is 0 Å². The molecule has 1 fully saturated rings. The summed E-state index contributed by atoms with van der Waals surface area (Å²) in [4.78, 5) is 39.9. The molecule has 2 aliphatic rings. The maximum atomic E-state index is 14.1. The monoisotopic (exact) mass is 400 g/mol. The van der Waals surface area contributed by atoms with Crippen LogP contribution in [0.15, 0.2) is 36.4 Å². The van der Waals surface area contributed by atoms with E-state index in [2.05, 4.69) is 0 Å². The zero-order valence-corrected chi connectivity index (χ0v) is 15.7. The van der Waals surface area contributed by atoms with Crippen molar-refractivity contribution < 1.29 is 27.9 Å². The third kappa shape index (κ3) is 3.35. The second-order valence-electron chi connectivity index (χ2n) is 7.08. The highest BCUT2D eigenvalue weighted by molar-refractivity contribution is 6.05. The number of hydrogen-bond donors (Lipinski definition) is 0. The van der Waals surface area contributed by atoms with Crippen LogP contribution in [0, 0.1) is 17.6 Å². The molecule has 2 amide bonds. The molecule has 150 valence electrons. The van der Waals surface area contributed by atoms with Crippen LogP contribution in [0.3, 0.4) is 0 Å². The summed E-state index contributed by atoms with van der Waals surface area (Å²) in [6.07, 6.45) is 0.546. The second-order valence-corrected chi connectivity index (χ2v) is 7.08. The average molecular weight is 400 g/mol. The van der Waals surface area contributed by atoms with Gasteiger partial charge in [0.2, 0.25) is 11.8 Å². The van der Waals surface area contributed by atoms with Gasteiger partial charge in [0, 0.05) is 31.3 Å². The van der Waals surface area contributed by atoms with Gasteiger partial charge in [0.05, 0.1) is 24.3 Å². The van der Waals surface area contributed by atoms with E-state index in [0.717, 1.165) is 11.6 Å². The van der Waals surface area contributed by atoms with E-state index in [9.17, 15) is 23.2 Å². The van der Waals surface area contributed by atoms with Gasteiger partial charge in [0.1, 0.15) is 11.6 Å². The van der Waals surface area contributed by atoms with Crippen LogP contribution in [0.25, 0.3) is 0 Å².